The van der Waals surface area contributed by atoms with Crippen LogP contribution >= 0.6 is 0 Å². The van der Waals surface area contributed by atoms with Crippen molar-refractivity contribution in [2.45, 2.75) is 51.7 Å². The Morgan fingerprint density at radius 3 is 2.33 bits per heavy atom. The van der Waals surface area contributed by atoms with Gasteiger partial charge in [-0.25, -0.2) is 4.79 Å². The first-order chi connectivity index (χ1) is 9.64. The lowest BCUT2D eigenvalue weighted by molar-refractivity contribution is -0.298. The number of nitrogens with zero attached hydrogens (tertiary/aromatic N) is 1. The van der Waals surface area contributed by atoms with E-state index in [2.05, 4.69) is 10.1 Å². The van der Waals surface area contributed by atoms with E-state index in [1.54, 1.807) is 20.8 Å². The van der Waals surface area contributed by atoms with Crippen molar-refractivity contribution in [3.8, 4) is 0 Å². The molecule has 8 heteroatoms. The smallest absolute Gasteiger partial charge is 0.429 e. The summed E-state index contributed by atoms with van der Waals surface area (Å²) in [6.45, 7) is 5.14. The zero-order chi connectivity index (χ0) is 16.2. The van der Waals surface area contributed by atoms with Crippen molar-refractivity contribution in [1.82, 2.24) is 5.32 Å². The maximum absolute atomic E-state index is 11.8. The number of Topliss-reactive ketones (excluding diaryl/α,β-unsaturated/α-hetero) is 1. The fraction of sp³-hybridized carbons (Fsp3) is 0.692. The molecular weight excluding hydrogens is 278 g/mol. The van der Waals surface area contributed by atoms with Gasteiger partial charge in [-0.3, -0.25) is 4.79 Å². The summed E-state index contributed by atoms with van der Waals surface area (Å²) in [5.74, 6) is -2.52. The summed E-state index contributed by atoms with van der Waals surface area (Å²) < 4.78 is 5.10. The monoisotopic (exact) mass is 297 g/mol. The summed E-state index contributed by atoms with van der Waals surface area (Å²) >= 11 is 0. The first-order valence-electron chi connectivity index (χ1n) is 6.62. The van der Waals surface area contributed by atoms with E-state index >= 15 is 0 Å². The summed E-state index contributed by atoms with van der Waals surface area (Å²) in [5.41, 5.74) is 5.08. The Bertz CT molecular complexity index is 498. The van der Waals surface area contributed by atoms with Crippen LogP contribution in [-0.2, 0) is 14.3 Å². The number of hydrogen-bond donors (Lipinski definition) is 2. The number of alkyl carbamates (subject to hydrolysis) is 1. The minimum atomic E-state index is -1.79. The highest BCUT2D eigenvalue weighted by molar-refractivity contribution is 6.61. The molecule has 1 rings (SSSR count). The van der Waals surface area contributed by atoms with Gasteiger partial charge in [-0.1, -0.05) is 0 Å². The second-order valence-corrected chi connectivity index (χ2v) is 5.97. The normalized spacial score (nSPS) is 15.6. The molecule has 0 heterocycles. The maximum Gasteiger partial charge on any atom is 0.429 e. The maximum atomic E-state index is 11.8. The van der Waals surface area contributed by atoms with Crippen molar-refractivity contribution < 1.29 is 29.0 Å². The predicted molar refractivity (Wildman–Crippen MR) is 68.5 cm³/mol. The SMILES string of the molecule is CC(C)(C)OC(=O)NC(CC(=O)C(=[N+]=N)C(=O)[O-])C1CC1. The minimum absolute atomic E-state index is 0.107. The molecule has 0 bridgehead atoms. The Labute approximate surface area is 122 Å². The van der Waals surface area contributed by atoms with Gasteiger partial charge in [-0.15, -0.1) is 0 Å². The standard InChI is InChI=1S/C13H19N3O5/c1-13(2,3)21-12(20)15-8(7-4-5-7)6-9(17)10(16-14)11(18)19/h7-8,14H,4-6H2,1-3H3,(H-,15,18,19,20). The lowest BCUT2D eigenvalue weighted by Crippen LogP contribution is -2.44. The highest BCUT2D eigenvalue weighted by Gasteiger charge is 2.37. The Balaban J connectivity index is 2.67. The number of carboxylic acids is 1. The van der Waals surface area contributed by atoms with E-state index < -0.39 is 35.2 Å². The second kappa shape index (κ2) is 6.49. The van der Waals surface area contributed by atoms with Gasteiger partial charge in [-0.2, -0.15) is 0 Å². The van der Waals surface area contributed by atoms with Crippen molar-refractivity contribution in [2.24, 2.45) is 5.92 Å². The molecule has 0 aromatic carbocycles. The van der Waals surface area contributed by atoms with Crippen LogP contribution in [0.2, 0.25) is 0 Å². The molecule has 2 N–H and O–H groups in total. The molecule has 0 spiro atoms. The number of rotatable bonds is 6. The van der Waals surface area contributed by atoms with E-state index in [0.717, 1.165) is 12.8 Å². The van der Waals surface area contributed by atoms with E-state index in [0.29, 0.717) is 0 Å². The topological polar surface area (TPSA) is 133 Å². The number of nitrogens with one attached hydrogen (secondary N) is 2. The van der Waals surface area contributed by atoms with Gasteiger partial charge >= 0.3 is 11.8 Å². The van der Waals surface area contributed by atoms with Crippen LogP contribution in [0.1, 0.15) is 40.0 Å². The van der Waals surface area contributed by atoms with Crippen LogP contribution in [0.5, 0.6) is 0 Å². The molecule has 1 saturated carbocycles. The number of carboxylic acid groups (broad SMARTS) is 1. The van der Waals surface area contributed by atoms with Crippen molar-refractivity contribution >= 4 is 23.6 Å². The zero-order valence-corrected chi connectivity index (χ0v) is 12.3. The summed E-state index contributed by atoms with van der Waals surface area (Å²) in [7, 11) is 0. The Morgan fingerprint density at radius 2 is 1.95 bits per heavy atom. The van der Waals surface area contributed by atoms with Gasteiger partial charge in [0.1, 0.15) is 5.60 Å². The molecule has 1 atom stereocenters. The van der Waals surface area contributed by atoms with E-state index in [4.69, 9.17) is 10.3 Å². The lowest BCUT2D eigenvalue weighted by Gasteiger charge is -2.23. The molecule has 1 aliphatic rings. The lowest BCUT2D eigenvalue weighted by atomic mass is 10.0. The molecule has 21 heavy (non-hydrogen) atoms. The van der Waals surface area contributed by atoms with Gasteiger partial charge in [-0.05, 0) is 39.5 Å². The molecule has 116 valence electrons. The Morgan fingerprint density at radius 1 is 1.38 bits per heavy atom. The minimum Gasteiger partial charge on any atom is -0.538 e. The third-order valence-electron chi connectivity index (χ3n) is 2.87. The number of aliphatic carboxylic acids is 1. The molecule has 1 amide bonds. The highest BCUT2D eigenvalue weighted by Crippen LogP contribution is 2.34. The first-order valence-corrected chi connectivity index (χ1v) is 6.62. The zero-order valence-electron chi connectivity index (χ0n) is 12.3. The Kier molecular flexibility index (Phi) is 5.21. The molecule has 0 aliphatic heterocycles. The van der Waals surface area contributed by atoms with Crippen LogP contribution in [0.3, 0.4) is 0 Å². The van der Waals surface area contributed by atoms with Gasteiger partial charge in [0, 0.05) is 12.5 Å². The number of amides is 1. The van der Waals surface area contributed by atoms with Crippen LogP contribution in [-0.4, -0.2) is 40.0 Å². The highest BCUT2D eigenvalue weighted by atomic mass is 16.6. The van der Waals surface area contributed by atoms with Crippen molar-refractivity contribution in [3.63, 3.8) is 0 Å². The summed E-state index contributed by atoms with van der Waals surface area (Å²) in [6, 6.07) is -0.525. The van der Waals surface area contributed by atoms with Crippen LogP contribution in [0.15, 0.2) is 0 Å². The molecule has 1 fully saturated rings. The molecule has 8 nitrogen and oxygen atoms in total. The largest absolute Gasteiger partial charge is 0.538 e. The molecule has 0 radical (unpaired) electrons. The van der Waals surface area contributed by atoms with Gasteiger partial charge in [0.25, 0.3) is 5.78 Å². The average Bonchev–Trinajstić information content (AvgIpc) is 3.09. The average molecular weight is 297 g/mol. The van der Waals surface area contributed by atoms with Gasteiger partial charge in [0.05, 0.1) is 10.3 Å². The van der Waals surface area contributed by atoms with E-state index in [1.807, 2.05) is 0 Å². The van der Waals surface area contributed by atoms with Crippen LogP contribution in [0.25, 0.3) is 0 Å². The van der Waals surface area contributed by atoms with Crippen LogP contribution < -0.4 is 10.4 Å². The fourth-order valence-corrected chi connectivity index (χ4v) is 1.81. The number of hydrogen-bond acceptors (Lipinski definition) is 6. The number of carbonyl (C=O) groups is 3. The summed E-state index contributed by atoms with van der Waals surface area (Å²) in [6.07, 6.45) is 0.777. The quantitative estimate of drug-likeness (QED) is 0.300. The molecule has 1 aliphatic carbocycles. The third kappa shape index (κ3) is 5.74. The molecule has 0 aromatic heterocycles. The van der Waals surface area contributed by atoms with Crippen molar-refractivity contribution in [1.29, 1.82) is 5.53 Å². The molecular formula is C13H19N3O5. The molecule has 1 unspecified atom stereocenters. The van der Waals surface area contributed by atoms with Crippen molar-refractivity contribution in [3.05, 3.63) is 0 Å². The third-order valence-corrected chi connectivity index (χ3v) is 2.87. The van der Waals surface area contributed by atoms with E-state index in [1.165, 1.54) is 0 Å². The van der Waals surface area contributed by atoms with Gasteiger partial charge in [0.15, 0.2) is 5.97 Å². The van der Waals surface area contributed by atoms with Crippen LogP contribution in [0.4, 0.5) is 4.79 Å². The molecule has 0 saturated heterocycles. The van der Waals surface area contributed by atoms with E-state index in [-0.39, 0.29) is 12.3 Å². The summed E-state index contributed by atoms with van der Waals surface area (Å²) in [5, 5.41) is 13.2. The van der Waals surface area contributed by atoms with Gasteiger partial charge in [0.2, 0.25) is 0 Å². The molecule has 0 aromatic rings. The van der Waals surface area contributed by atoms with Crippen LogP contribution in [0, 0.1) is 11.4 Å². The number of carbonyl (C=O) groups excluding carboxylic acids is 3. The number of ketones is 1. The van der Waals surface area contributed by atoms with Gasteiger partial charge < -0.3 is 20.0 Å². The Hall–Kier alpha value is -2.21. The second-order valence-electron chi connectivity index (χ2n) is 5.97. The fourth-order valence-electron chi connectivity index (χ4n) is 1.81. The van der Waals surface area contributed by atoms with Crippen molar-refractivity contribution in [2.75, 3.05) is 0 Å². The number of ether oxygens (including phenoxy) is 1. The first kappa shape index (κ1) is 16.8. The predicted octanol–water partition coefficient (Wildman–Crippen LogP) is -0.321. The van der Waals surface area contributed by atoms with E-state index in [9.17, 15) is 19.5 Å². The summed E-state index contributed by atoms with van der Waals surface area (Å²) in [4.78, 5) is 36.8.